The molecule has 4 nitrogen and oxygen atoms in total. The molecule has 0 aliphatic heterocycles. The summed E-state index contributed by atoms with van der Waals surface area (Å²) >= 11 is 0. The van der Waals surface area contributed by atoms with Crippen LogP contribution >= 0.6 is 7.82 Å². The summed E-state index contributed by atoms with van der Waals surface area (Å²) in [5.41, 5.74) is 0. The Labute approximate surface area is 89.3 Å². The van der Waals surface area contributed by atoms with Gasteiger partial charge in [0.2, 0.25) is 0 Å². The molecule has 0 saturated carbocycles. The van der Waals surface area contributed by atoms with Crippen LogP contribution in [0.15, 0.2) is 0 Å². The molecule has 0 atom stereocenters. The molecule has 7 heteroatoms. The van der Waals surface area contributed by atoms with Gasteiger partial charge in [-0.1, -0.05) is 0 Å². The van der Waals surface area contributed by atoms with E-state index in [9.17, 15) is 0 Å². The van der Waals surface area contributed by atoms with Crippen LogP contribution in [-0.2, 0) is 4.57 Å². The van der Waals surface area contributed by atoms with E-state index in [0.717, 1.165) is 0 Å². The second kappa shape index (κ2) is 6.36. The van der Waals surface area contributed by atoms with Crippen LogP contribution in [0, 0.1) is 0 Å². The van der Waals surface area contributed by atoms with Gasteiger partial charge in [0.25, 0.3) is 0 Å². The molecule has 32 valence electrons. The first-order valence-electron chi connectivity index (χ1n) is 0.730. The van der Waals surface area contributed by atoms with Crippen LogP contribution in [0.1, 0.15) is 0 Å². The van der Waals surface area contributed by atoms with E-state index in [2.05, 4.69) is 0 Å². The zero-order chi connectivity index (χ0) is 4.50. The predicted molar refractivity (Wildman–Crippen MR) is 19.1 cm³/mol. The zero-order valence-electron chi connectivity index (χ0n) is 3.36. The van der Waals surface area contributed by atoms with Gasteiger partial charge in [-0.3, -0.25) is 0 Å². The van der Waals surface area contributed by atoms with Gasteiger partial charge in [-0.05, 0) is 0 Å². The van der Waals surface area contributed by atoms with Crippen LogP contribution in [0.2, 0.25) is 0 Å². The average Bonchev–Trinajstić information content (AvgIpc) is 0.722. The van der Waals surface area contributed by atoms with E-state index in [4.69, 9.17) is 19.2 Å². The van der Waals surface area contributed by atoms with Gasteiger partial charge < -0.3 is 19.2 Å². The molecule has 0 saturated heterocycles. The summed E-state index contributed by atoms with van der Waals surface area (Å²) in [5.74, 6) is 0. The second-order valence-corrected chi connectivity index (χ2v) is 1.34. The molecule has 7 heavy (non-hydrogen) atoms. The molecule has 0 rings (SSSR count). The zero-order valence-corrected chi connectivity index (χ0v) is 9.76. The summed E-state index contributed by atoms with van der Waals surface area (Å²) in [6.07, 6.45) is 0. The summed E-state index contributed by atoms with van der Waals surface area (Å²) in [5, 5.41) is 0. The Morgan fingerprint density at radius 1 is 1.14 bits per heavy atom. The Kier molecular flexibility index (Phi) is 14.6. The number of hydrogen-bond donors (Lipinski definition) is 0. The minimum atomic E-state index is -5.39. The fourth-order valence-electron chi connectivity index (χ4n) is 0. The van der Waals surface area contributed by atoms with Crippen molar-refractivity contribution in [3.63, 3.8) is 0 Å². The van der Waals surface area contributed by atoms with Gasteiger partial charge in [-0.25, -0.2) is 0 Å². The number of phosphoric acid groups is 1. The maximum absolute atomic E-state index is 8.55. The fourth-order valence-corrected chi connectivity index (χ4v) is 0. The molecule has 0 bridgehead atoms. The summed E-state index contributed by atoms with van der Waals surface area (Å²) in [7, 11) is -5.39. The Morgan fingerprint density at radius 2 is 1.14 bits per heavy atom. The Hall–Kier alpha value is 2.24. The summed E-state index contributed by atoms with van der Waals surface area (Å²) in [6.45, 7) is 0. The van der Waals surface area contributed by atoms with Gasteiger partial charge in [0.1, 0.15) is 0 Å². The van der Waals surface area contributed by atoms with E-state index in [-0.39, 0.29) is 63.6 Å². The van der Waals surface area contributed by atoms with Gasteiger partial charge in [-0.2, -0.15) is 7.82 Å². The quantitative estimate of drug-likeness (QED) is 0.328. The molecule has 0 aliphatic carbocycles. The molecular formula is CaInO4P+2. The van der Waals surface area contributed by atoms with E-state index < -0.39 is 7.82 Å². The Bertz CT molecular complexity index is 57.8. The topological polar surface area (TPSA) is 86.2 Å². The van der Waals surface area contributed by atoms with Crippen LogP contribution in [0.3, 0.4) is 0 Å². The third-order valence-corrected chi connectivity index (χ3v) is 0. The normalized spacial score (nSPS) is 8.43. The van der Waals surface area contributed by atoms with Crippen molar-refractivity contribution in [2.24, 2.45) is 0 Å². The van der Waals surface area contributed by atoms with E-state index in [1.54, 1.807) is 0 Å². The van der Waals surface area contributed by atoms with Crippen molar-refractivity contribution < 1.29 is 19.2 Å². The molecule has 0 spiro atoms. The van der Waals surface area contributed by atoms with Crippen molar-refractivity contribution in [1.29, 1.82) is 0 Å². The molecule has 0 heterocycles. The SMILES string of the molecule is O=P([O-])([O-])[O-].[Ca+2].[In+3]. The Morgan fingerprint density at radius 3 is 1.14 bits per heavy atom. The molecule has 0 amide bonds. The maximum atomic E-state index is 8.55. The van der Waals surface area contributed by atoms with Crippen LogP contribution < -0.4 is 14.7 Å². The van der Waals surface area contributed by atoms with Crippen molar-refractivity contribution in [3.05, 3.63) is 0 Å². The second-order valence-electron chi connectivity index (χ2n) is 0.447. The van der Waals surface area contributed by atoms with Gasteiger partial charge in [-0.15, -0.1) is 0 Å². The van der Waals surface area contributed by atoms with Gasteiger partial charge in [0, 0.05) is 0 Å². The van der Waals surface area contributed by atoms with Crippen LogP contribution in [0.5, 0.6) is 0 Å². The molecule has 0 radical (unpaired) electrons. The van der Waals surface area contributed by atoms with E-state index in [1.807, 2.05) is 0 Å². The molecule has 0 aliphatic rings. The minimum Gasteiger partial charge on any atom is -0.822 e. The van der Waals surface area contributed by atoms with Gasteiger partial charge in [0.05, 0.1) is 0 Å². The number of rotatable bonds is 0. The predicted octanol–water partition coefficient (Wildman–Crippen LogP) is -3.59. The average molecular weight is 250 g/mol. The smallest absolute Gasteiger partial charge is 0.822 e. The van der Waals surface area contributed by atoms with Gasteiger partial charge in [0.15, 0.2) is 0 Å². The summed E-state index contributed by atoms with van der Waals surface area (Å²) < 4.78 is 8.55. The minimum absolute atomic E-state index is 0. The van der Waals surface area contributed by atoms with Crippen LogP contribution in [-0.4, -0.2) is 63.6 Å². The third kappa shape index (κ3) is 63.9. The number of hydrogen-bond acceptors (Lipinski definition) is 4. The van der Waals surface area contributed by atoms with E-state index >= 15 is 0 Å². The summed E-state index contributed by atoms with van der Waals surface area (Å²) in [6, 6.07) is 0. The molecule has 0 aromatic heterocycles. The summed E-state index contributed by atoms with van der Waals surface area (Å²) in [4.78, 5) is 25.6. The molecule has 0 aromatic rings. The van der Waals surface area contributed by atoms with Crippen LogP contribution in [0.4, 0.5) is 0 Å². The first-order chi connectivity index (χ1) is 2.00. The van der Waals surface area contributed by atoms with E-state index in [0.29, 0.717) is 0 Å². The molecule has 0 fully saturated rings. The third-order valence-electron chi connectivity index (χ3n) is 0. The standard InChI is InChI=1S/Ca.In.H3O4P/c;;1-5(2,3)4/h;;(H3,1,2,3,4)/q+2;+3;/p-3. The van der Waals surface area contributed by atoms with Crippen LogP contribution in [0.25, 0.3) is 0 Å². The maximum Gasteiger partial charge on any atom is 3.00 e. The largest absolute Gasteiger partial charge is 3.00 e. The van der Waals surface area contributed by atoms with Crippen molar-refractivity contribution in [2.75, 3.05) is 0 Å². The van der Waals surface area contributed by atoms with Crippen molar-refractivity contribution in [1.82, 2.24) is 0 Å². The van der Waals surface area contributed by atoms with Crippen molar-refractivity contribution in [3.8, 4) is 0 Å². The molecule has 0 unspecified atom stereocenters. The Balaban J connectivity index is -0.0000000800. The monoisotopic (exact) mass is 250 g/mol. The van der Waals surface area contributed by atoms with Crippen molar-refractivity contribution >= 4 is 71.4 Å². The van der Waals surface area contributed by atoms with E-state index in [1.165, 1.54) is 0 Å². The first-order valence-corrected chi connectivity index (χ1v) is 2.19. The fraction of sp³-hybridized carbons (Fsp3) is 0. The molecule has 0 N–H and O–H groups in total. The van der Waals surface area contributed by atoms with Crippen molar-refractivity contribution in [2.45, 2.75) is 0 Å². The molecule has 0 aromatic carbocycles. The molecular weight excluding hydrogens is 250 g/mol. The first kappa shape index (κ1) is 16.1. The van der Waals surface area contributed by atoms with Gasteiger partial charge >= 0.3 is 63.6 Å².